The molecule has 1 rings (SSSR count). The molecule has 1 aliphatic rings. The predicted octanol–water partition coefficient (Wildman–Crippen LogP) is 1.72. The Morgan fingerprint density at radius 2 is 1.79 bits per heavy atom. The van der Waals surface area contributed by atoms with Crippen molar-refractivity contribution in [2.24, 2.45) is 0 Å². The second kappa shape index (κ2) is 5.61. The molecule has 0 radical (unpaired) electrons. The molecule has 0 aliphatic carbocycles. The molecule has 1 heterocycles. The van der Waals surface area contributed by atoms with E-state index in [1.165, 1.54) is 0 Å². The van der Waals surface area contributed by atoms with Gasteiger partial charge in [-0.25, -0.2) is 8.78 Å². The minimum Gasteiger partial charge on any atom is -0.317 e. The van der Waals surface area contributed by atoms with E-state index in [1.807, 2.05) is 0 Å². The second-order valence-electron chi connectivity index (χ2n) is 4.12. The first-order chi connectivity index (χ1) is 6.58. The van der Waals surface area contributed by atoms with Gasteiger partial charge < -0.3 is 10.2 Å². The van der Waals surface area contributed by atoms with Crippen LogP contribution in [0.25, 0.3) is 0 Å². The smallest absolute Gasteiger partial charge is 0.246 e. The third-order valence-corrected chi connectivity index (χ3v) is 2.52. The lowest BCUT2D eigenvalue weighted by molar-refractivity contribution is 0.00277. The van der Waals surface area contributed by atoms with Gasteiger partial charge in [0.15, 0.2) is 0 Å². The predicted molar refractivity (Wildman–Crippen MR) is 53.8 cm³/mol. The molecular formula is C10H20F2N2. The zero-order valence-electron chi connectivity index (χ0n) is 8.86. The Morgan fingerprint density at radius 3 is 2.29 bits per heavy atom. The first kappa shape index (κ1) is 11.9. The Morgan fingerprint density at radius 1 is 1.21 bits per heavy atom. The van der Waals surface area contributed by atoms with E-state index in [2.05, 4.69) is 10.2 Å². The quantitative estimate of drug-likeness (QED) is 0.756. The lowest BCUT2D eigenvalue weighted by Gasteiger charge is -2.25. The van der Waals surface area contributed by atoms with Gasteiger partial charge in [-0.3, -0.25) is 0 Å². The Labute approximate surface area is 84.7 Å². The lowest BCUT2D eigenvalue weighted by Crippen LogP contribution is -2.36. The normalized spacial score (nSPS) is 21.6. The van der Waals surface area contributed by atoms with Crippen molar-refractivity contribution in [1.29, 1.82) is 0 Å². The van der Waals surface area contributed by atoms with Crippen LogP contribution in [0.4, 0.5) is 8.78 Å². The molecule has 0 bridgehead atoms. The van der Waals surface area contributed by atoms with Crippen molar-refractivity contribution in [3.05, 3.63) is 0 Å². The fraction of sp³-hybridized carbons (Fsp3) is 1.00. The molecule has 0 aromatic heterocycles. The molecule has 0 saturated carbocycles. The van der Waals surface area contributed by atoms with Crippen molar-refractivity contribution in [3.8, 4) is 0 Å². The number of nitrogens with zero attached hydrogens (tertiary/aromatic N) is 1. The van der Waals surface area contributed by atoms with E-state index in [4.69, 9.17) is 0 Å². The molecular weight excluding hydrogens is 186 g/mol. The first-order valence-corrected chi connectivity index (χ1v) is 5.39. The molecule has 4 heteroatoms. The standard InChI is InChI=1S/C10H20F2N2/c1-10(11,12)4-9-14-7-2-5-13-6-3-8-14/h13H,2-9H2,1H3. The number of nitrogens with one attached hydrogen (secondary N) is 1. The average molecular weight is 206 g/mol. The third-order valence-electron chi connectivity index (χ3n) is 2.52. The van der Waals surface area contributed by atoms with E-state index < -0.39 is 5.92 Å². The SMILES string of the molecule is CC(F)(F)CCN1CCCNCCC1. The van der Waals surface area contributed by atoms with Crippen molar-refractivity contribution >= 4 is 0 Å². The molecule has 1 N–H and O–H groups in total. The van der Waals surface area contributed by atoms with Gasteiger partial charge in [-0.1, -0.05) is 0 Å². The summed E-state index contributed by atoms with van der Waals surface area (Å²) >= 11 is 0. The Hall–Kier alpha value is -0.220. The summed E-state index contributed by atoms with van der Waals surface area (Å²) in [4.78, 5) is 2.15. The van der Waals surface area contributed by atoms with Crippen LogP contribution in [0.3, 0.4) is 0 Å². The summed E-state index contributed by atoms with van der Waals surface area (Å²) in [5.41, 5.74) is 0. The van der Waals surface area contributed by atoms with Gasteiger partial charge in [0.2, 0.25) is 5.92 Å². The molecule has 0 spiro atoms. The average Bonchev–Trinajstić information content (AvgIpc) is 2.00. The highest BCUT2D eigenvalue weighted by Crippen LogP contribution is 2.17. The minimum absolute atomic E-state index is 0.0135. The molecule has 1 saturated heterocycles. The maximum Gasteiger partial charge on any atom is 0.246 e. The lowest BCUT2D eigenvalue weighted by atomic mass is 10.2. The van der Waals surface area contributed by atoms with Crippen LogP contribution >= 0.6 is 0 Å². The van der Waals surface area contributed by atoms with Gasteiger partial charge in [0, 0.05) is 13.0 Å². The highest BCUT2D eigenvalue weighted by atomic mass is 19.3. The van der Waals surface area contributed by atoms with E-state index in [1.54, 1.807) is 0 Å². The van der Waals surface area contributed by atoms with Crippen LogP contribution in [0, 0.1) is 0 Å². The van der Waals surface area contributed by atoms with Crippen molar-refractivity contribution in [2.45, 2.75) is 32.1 Å². The van der Waals surface area contributed by atoms with E-state index in [-0.39, 0.29) is 6.42 Å². The van der Waals surface area contributed by atoms with Gasteiger partial charge in [-0.05, 0) is 45.9 Å². The largest absolute Gasteiger partial charge is 0.317 e. The maximum atomic E-state index is 12.6. The van der Waals surface area contributed by atoms with Crippen LogP contribution in [-0.2, 0) is 0 Å². The highest BCUT2D eigenvalue weighted by Gasteiger charge is 2.22. The summed E-state index contributed by atoms with van der Waals surface area (Å²) < 4.78 is 25.2. The summed E-state index contributed by atoms with van der Waals surface area (Å²) in [6, 6.07) is 0. The van der Waals surface area contributed by atoms with Crippen molar-refractivity contribution in [2.75, 3.05) is 32.7 Å². The Bertz CT molecular complexity index is 149. The molecule has 0 unspecified atom stereocenters. The first-order valence-electron chi connectivity index (χ1n) is 5.39. The molecule has 0 aromatic rings. The molecule has 1 fully saturated rings. The van der Waals surface area contributed by atoms with Crippen molar-refractivity contribution < 1.29 is 8.78 Å². The number of hydrogen-bond acceptors (Lipinski definition) is 2. The molecule has 0 atom stereocenters. The number of hydrogen-bond donors (Lipinski definition) is 1. The van der Waals surface area contributed by atoms with Crippen LogP contribution in [0.1, 0.15) is 26.2 Å². The topological polar surface area (TPSA) is 15.3 Å². The van der Waals surface area contributed by atoms with Crippen molar-refractivity contribution in [3.63, 3.8) is 0 Å². The molecule has 14 heavy (non-hydrogen) atoms. The van der Waals surface area contributed by atoms with Crippen LogP contribution < -0.4 is 5.32 Å². The Balaban J connectivity index is 2.20. The summed E-state index contributed by atoms with van der Waals surface area (Å²) in [6.07, 6.45) is 2.12. The van der Waals surface area contributed by atoms with Crippen LogP contribution in [0.5, 0.6) is 0 Å². The van der Waals surface area contributed by atoms with E-state index in [9.17, 15) is 8.78 Å². The molecule has 0 aromatic carbocycles. The Kier molecular flexibility index (Phi) is 4.75. The van der Waals surface area contributed by atoms with Crippen LogP contribution in [0.15, 0.2) is 0 Å². The number of halogens is 2. The van der Waals surface area contributed by atoms with Gasteiger partial charge >= 0.3 is 0 Å². The maximum absolute atomic E-state index is 12.6. The monoisotopic (exact) mass is 206 g/mol. The van der Waals surface area contributed by atoms with Gasteiger partial charge in [0.25, 0.3) is 0 Å². The van der Waals surface area contributed by atoms with E-state index in [0.29, 0.717) is 6.54 Å². The molecule has 0 amide bonds. The fourth-order valence-corrected chi connectivity index (χ4v) is 1.67. The highest BCUT2D eigenvalue weighted by molar-refractivity contribution is 4.67. The summed E-state index contributed by atoms with van der Waals surface area (Å²) in [5.74, 6) is -2.51. The van der Waals surface area contributed by atoms with Crippen molar-refractivity contribution in [1.82, 2.24) is 10.2 Å². The van der Waals surface area contributed by atoms with Gasteiger partial charge in [0.05, 0.1) is 0 Å². The number of alkyl halides is 2. The fourth-order valence-electron chi connectivity index (χ4n) is 1.67. The van der Waals surface area contributed by atoms with E-state index in [0.717, 1.165) is 45.9 Å². The zero-order valence-corrected chi connectivity index (χ0v) is 8.86. The molecule has 84 valence electrons. The summed E-state index contributed by atoms with van der Waals surface area (Å²) in [5, 5.41) is 3.31. The van der Waals surface area contributed by atoms with Crippen LogP contribution in [0.2, 0.25) is 0 Å². The molecule has 2 nitrogen and oxygen atoms in total. The zero-order chi connectivity index (χ0) is 10.4. The second-order valence-corrected chi connectivity index (χ2v) is 4.12. The summed E-state index contributed by atoms with van der Waals surface area (Å²) in [6.45, 7) is 5.45. The third kappa shape index (κ3) is 5.50. The van der Waals surface area contributed by atoms with E-state index >= 15 is 0 Å². The van der Waals surface area contributed by atoms with Crippen LogP contribution in [-0.4, -0.2) is 43.5 Å². The van der Waals surface area contributed by atoms with Gasteiger partial charge in [-0.2, -0.15) is 0 Å². The van der Waals surface area contributed by atoms with Gasteiger partial charge in [0.1, 0.15) is 0 Å². The number of rotatable bonds is 3. The molecule has 1 aliphatic heterocycles. The summed E-state index contributed by atoms with van der Waals surface area (Å²) in [7, 11) is 0. The minimum atomic E-state index is -2.51. The van der Waals surface area contributed by atoms with Gasteiger partial charge in [-0.15, -0.1) is 0 Å².